The highest BCUT2D eigenvalue weighted by atomic mass is 16.5. The molecule has 1 rings (SSSR count). The number of ether oxygens (including phenoxy) is 1. The molecule has 0 aliphatic rings. The summed E-state index contributed by atoms with van der Waals surface area (Å²) in [5.74, 6) is 0.997. The zero-order chi connectivity index (χ0) is 14.1. The van der Waals surface area contributed by atoms with Crippen LogP contribution in [0.3, 0.4) is 0 Å². The van der Waals surface area contributed by atoms with E-state index in [1.165, 1.54) is 16.7 Å². The predicted molar refractivity (Wildman–Crippen MR) is 79.7 cm³/mol. The van der Waals surface area contributed by atoms with Gasteiger partial charge in [0.1, 0.15) is 5.75 Å². The molecule has 0 bridgehead atoms. The molecule has 3 nitrogen and oxygen atoms in total. The van der Waals surface area contributed by atoms with Crippen molar-refractivity contribution in [2.75, 3.05) is 19.8 Å². The Labute approximate surface area is 117 Å². The molecule has 0 aliphatic carbocycles. The molecular formula is C16H27NO2. The van der Waals surface area contributed by atoms with E-state index in [0.717, 1.165) is 38.1 Å². The van der Waals surface area contributed by atoms with Crippen LogP contribution in [0.4, 0.5) is 0 Å². The molecule has 3 heteroatoms. The highest BCUT2D eigenvalue weighted by Gasteiger charge is 2.06. The van der Waals surface area contributed by atoms with Crippen LogP contribution >= 0.6 is 0 Å². The molecule has 0 aromatic heterocycles. The van der Waals surface area contributed by atoms with Crippen molar-refractivity contribution >= 4 is 0 Å². The van der Waals surface area contributed by atoms with Crippen molar-refractivity contribution in [1.29, 1.82) is 0 Å². The lowest BCUT2D eigenvalue weighted by molar-refractivity contribution is 0.252. The molecule has 0 unspecified atom stereocenters. The normalized spacial score (nSPS) is 10.7. The Morgan fingerprint density at radius 1 is 1.16 bits per heavy atom. The Morgan fingerprint density at radius 2 is 1.84 bits per heavy atom. The van der Waals surface area contributed by atoms with Crippen LogP contribution in [-0.4, -0.2) is 24.9 Å². The molecule has 0 amide bonds. The van der Waals surface area contributed by atoms with Crippen LogP contribution in [0.5, 0.6) is 5.75 Å². The van der Waals surface area contributed by atoms with Crippen molar-refractivity contribution in [3.63, 3.8) is 0 Å². The van der Waals surface area contributed by atoms with Crippen molar-refractivity contribution in [2.45, 2.75) is 46.6 Å². The molecule has 1 aromatic carbocycles. The molecule has 0 aliphatic heterocycles. The average Bonchev–Trinajstić information content (AvgIpc) is 2.37. The van der Waals surface area contributed by atoms with Gasteiger partial charge >= 0.3 is 0 Å². The maximum Gasteiger partial charge on any atom is 0.125 e. The first-order valence-corrected chi connectivity index (χ1v) is 7.23. The predicted octanol–water partition coefficient (Wildman–Crippen LogP) is 2.95. The van der Waals surface area contributed by atoms with Gasteiger partial charge in [0.2, 0.25) is 0 Å². The first-order chi connectivity index (χ1) is 9.19. The first kappa shape index (κ1) is 16.0. The van der Waals surface area contributed by atoms with Crippen molar-refractivity contribution in [3.05, 3.63) is 28.8 Å². The van der Waals surface area contributed by atoms with Gasteiger partial charge in [0.15, 0.2) is 0 Å². The number of aliphatic hydroxyl groups excluding tert-OH is 1. The van der Waals surface area contributed by atoms with Crippen molar-refractivity contribution in [3.8, 4) is 5.75 Å². The summed E-state index contributed by atoms with van der Waals surface area (Å²) in [4.78, 5) is 0. The summed E-state index contributed by atoms with van der Waals surface area (Å²) in [6.45, 7) is 9.25. The van der Waals surface area contributed by atoms with Gasteiger partial charge in [-0.05, 0) is 56.3 Å². The van der Waals surface area contributed by atoms with Crippen LogP contribution in [0, 0.1) is 13.8 Å². The van der Waals surface area contributed by atoms with Crippen LogP contribution in [-0.2, 0) is 6.54 Å². The van der Waals surface area contributed by atoms with Crippen LogP contribution < -0.4 is 10.1 Å². The standard InChI is InChI=1S/C16H27NO2/c1-4-7-17-12-15-10-13(2)16(14(3)11-15)19-9-6-5-8-18/h10-11,17-18H,4-9,12H2,1-3H3. The summed E-state index contributed by atoms with van der Waals surface area (Å²) in [7, 11) is 0. The average molecular weight is 265 g/mol. The molecule has 0 heterocycles. The maximum atomic E-state index is 8.75. The molecule has 0 saturated heterocycles. The van der Waals surface area contributed by atoms with E-state index >= 15 is 0 Å². The fraction of sp³-hybridized carbons (Fsp3) is 0.625. The van der Waals surface area contributed by atoms with Gasteiger partial charge in [0.05, 0.1) is 6.61 Å². The molecular weight excluding hydrogens is 238 g/mol. The second kappa shape index (κ2) is 8.94. The van der Waals surface area contributed by atoms with Gasteiger partial charge in [0, 0.05) is 13.2 Å². The minimum Gasteiger partial charge on any atom is -0.493 e. The lowest BCUT2D eigenvalue weighted by atomic mass is 10.1. The molecule has 0 radical (unpaired) electrons. The van der Waals surface area contributed by atoms with Gasteiger partial charge in [-0.25, -0.2) is 0 Å². The molecule has 0 saturated carbocycles. The van der Waals surface area contributed by atoms with Crippen LogP contribution in [0.25, 0.3) is 0 Å². The fourth-order valence-electron chi connectivity index (χ4n) is 2.17. The van der Waals surface area contributed by atoms with Crippen LogP contribution in [0.1, 0.15) is 42.9 Å². The van der Waals surface area contributed by atoms with Crippen molar-refractivity contribution in [2.24, 2.45) is 0 Å². The number of aliphatic hydroxyl groups is 1. The first-order valence-electron chi connectivity index (χ1n) is 7.23. The molecule has 0 atom stereocenters. The number of unbranched alkanes of at least 4 members (excludes halogenated alkanes) is 1. The molecule has 19 heavy (non-hydrogen) atoms. The Balaban J connectivity index is 2.58. The third kappa shape index (κ3) is 5.62. The minimum atomic E-state index is 0.239. The van der Waals surface area contributed by atoms with E-state index < -0.39 is 0 Å². The number of hydrogen-bond donors (Lipinski definition) is 2. The van der Waals surface area contributed by atoms with Gasteiger partial charge in [-0.3, -0.25) is 0 Å². The van der Waals surface area contributed by atoms with Crippen molar-refractivity contribution < 1.29 is 9.84 Å². The van der Waals surface area contributed by atoms with Gasteiger partial charge in [-0.1, -0.05) is 19.1 Å². The zero-order valence-electron chi connectivity index (χ0n) is 12.5. The Bertz CT molecular complexity index is 354. The van der Waals surface area contributed by atoms with E-state index in [9.17, 15) is 0 Å². The second-order valence-electron chi connectivity index (χ2n) is 5.01. The topological polar surface area (TPSA) is 41.5 Å². The summed E-state index contributed by atoms with van der Waals surface area (Å²) in [5.41, 5.74) is 3.70. The quantitative estimate of drug-likeness (QED) is 0.675. The number of benzene rings is 1. The smallest absolute Gasteiger partial charge is 0.125 e. The van der Waals surface area contributed by atoms with E-state index in [4.69, 9.17) is 9.84 Å². The van der Waals surface area contributed by atoms with E-state index in [1.54, 1.807) is 0 Å². The highest BCUT2D eigenvalue weighted by Crippen LogP contribution is 2.25. The van der Waals surface area contributed by atoms with Crippen molar-refractivity contribution in [1.82, 2.24) is 5.32 Å². The van der Waals surface area contributed by atoms with Gasteiger partial charge in [-0.15, -0.1) is 0 Å². The van der Waals surface area contributed by atoms with E-state index in [0.29, 0.717) is 6.61 Å². The van der Waals surface area contributed by atoms with E-state index in [2.05, 4.69) is 38.2 Å². The summed E-state index contributed by atoms with van der Waals surface area (Å²) < 4.78 is 5.82. The van der Waals surface area contributed by atoms with Gasteiger partial charge < -0.3 is 15.2 Å². The minimum absolute atomic E-state index is 0.239. The third-order valence-electron chi connectivity index (χ3n) is 3.07. The number of nitrogens with one attached hydrogen (secondary N) is 1. The third-order valence-corrected chi connectivity index (χ3v) is 3.07. The monoisotopic (exact) mass is 265 g/mol. The molecule has 0 spiro atoms. The zero-order valence-corrected chi connectivity index (χ0v) is 12.5. The Hall–Kier alpha value is -1.06. The summed E-state index contributed by atoms with van der Waals surface area (Å²) >= 11 is 0. The molecule has 108 valence electrons. The summed E-state index contributed by atoms with van der Waals surface area (Å²) in [5, 5.41) is 12.2. The van der Waals surface area contributed by atoms with E-state index in [-0.39, 0.29) is 6.61 Å². The lowest BCUT2D eigenvalue weighted by Gasteiger charge is -2.14. The lowest BCUT2D eigenvalue weighted by Crippen LogP contribution is -2.14. The molecule has 0 fully saturated rings. The summed E-state index contributed by atoms with van der Waals surface area (Å²) in [6.07, 6.45) is 2.86. The summed E-state index contributed by atoms with van der Waals surface area (Å²) in [6, 6.07) is 4.38. The number of aryl methyl sites for hydroxylation is 2. The van der Waals surface area contributed by atoms with Gasteiger partial charge in [-0.2, -0.15) is 0 Å². The van der Waals surface area contributed by atoms with Crippen LogP contribution in [0.2, 0.25) is 0 Å². The Kier molecular flexibility index (Phi) is 7.53. The fourth-order valence-corrected chi connectivity index (χ4v) is 2.17. The van der Waals surface area contributed by atoms with Gasteiger partial charge in [0.25, 0.3) is 0 Å². The second-order valence-corrected chi connectivity index (χ2v) is 5.01. The Morgan fingerprint density at radius 3 is 2.42 bits per heavy atom. The number of rotatable bonds is 9. The largest absolute Gasteiger partial charge is 0.493 e. The molecule has 1 aromatic rings. The number of hydrogen-bond acceptors (Lipinski definition) is 3. The molecule has 2 N–H and O–H groups in total. The maximum absolute atomic E-state index is 8.75. The highest BCUT2D eigenvalue weighted by molar-refractivity contribution is 5.43. The SMILES string of the molecule is CCCNCc1cc(C)c(OCCCCO)c(C)c1. The van der Waals surface area contributed by atoms with Crippen LogP contribution in [0.15, 0.2) is 12.1 Å². The van der Waals surface area contributed by atoms with E-state index in [1.807, 2.05) is 0 Å².